The summed E-state index contributed by atoms with van der Waals surface area (Å²) in [4.78, 5) is 17.2. The SMILES string of the molecule is O=C(NCc1cn2cc(-c3cccc(O)c3)ccc2n1)c1cccc2[nH]ncc12. The second-order valence-corrected chi connectivity index (χ2v) is 6.79. The van der Waals surface area contributed by atoms with E-state index in [0.717, 1.165) is 33.4 Å². The smallest absolute Gasteiger partial charge is 0.252 e. The Morgan fingerprint density at radius 2 is 1.97 bits per heavy atom. The average Bonchev–Trinajstić information content (AvgIpc) is 3.37. The molecule has 0 aliphatic carbocycles. The topological polar surface area (TPSA) is 95.3 Å². The summed E-state index contributed by atoms with van der Waals surface area (Å²) < 4.78 is 1.91. The van der Waals surface area contributed by atoms with Gasteiger partial charge in [-0.1, -0.05) is 18.2 Å². The third kappa shape index (κ3) is 3.19. The van der Waals surface area contributed by atoms with Crippen LogP contribution in [0.4, 0.5) is 0 Å². The minimum atomic E-state index is -0.172. The Balaban J connectivity index is 1.37. The number of fused-ring (bicyclic) bond motifs is 2. The Labute approximate surface area is 165 Å². The fraction of sp³-hybridized carbons (Fsp3) is 0.0455. The van der Waals surface area contributed by atoms with Gasteiger partial charge in [0.05, 0.1) is 29.5 Å². The van der Waals surface area contributed by atoms with Gasteiger partial charge >= 0.3 is 0 Å². The Kier molecular flexibility index (Phi) is 3.98. The van der Waals surface area contributed by atoms with Gasteiger partial charge in [-0.2, -0.15) is 5.10 Å². The van der Waals surface area contributed by atoms with Crippen LogP contribution in [0.1, 0.15) is 16.1 Å². The van der Waals surface area contributed by atoms with Gasteiger partial charge in [0.1, 0.15) is 11.4 Å². The molecule has 1 amide bonds. The maximum Gasteiger partial charge on any atom is 0.252 e. The molecule has 0 aliphatic rings. The van der Waals surface area contributed by atoms with Gasteiger partial charge in [0.15, 0.2) is 0 Å². The normalized spacial score (nSPS) is 11.2. The number of nitrogens with one attached hydrogen (secondary N) is 2. The molecule has 0 saturated carbocycles. The molecule has 0 radical (unpaired) electrons. The summed E-state index contributed by atoms with van der Waals surface area (Å²) >= 11 is 0. The zero-order valence-corrected chi connectivity index (χ0v) is 15.3. The summed E-state index contributed by atoms with van der Waals surface area (Å²) in [6.45, 7) is 0.316. The average molecular weight is 383 g/mol. The first-order valence-corrected chi connectivity index (χ1v) is 9.15. The zero-order chi connectivity index (χ0) is 19.8. The molecule has 29 heavy (non-hydrogen) atoms. The van der Waals surface area contributed by atoms with Crippen LogP contribution in [-0.4, -0.2) is 30.6 Å². The molecular weight excluding hydrogens is 366 g/mol. The van der Waals surface area contributed by atoms with Crippen molar-refractivity contribution in [3.8, 4) is 16.9 Å². The second kappa shape index (κ2) is 6.79. The number of aromatic hydroxyl groups is 1. The van der Waals surface area contributed by atoms with E-state index in [-0.39, 0.29) is 11.7 Å². The van der Waals surface area contributed by atoms with E-state index in [1.807, 2.05) is 53.2 Å². The number of phenols is 1. The Morgan fingerprint density at radius 1 is 1.07 bits per heavy atom. The maximum absolute atomic E-state index is 12.6. The summed E-state index contributed by atoms with van der Waals surface area (Å²) in [6, 6.07) is 16.5. The molecule has 7 nitrogen and oxygen atoms in total. The number of hydrogen-bond acceptors (Lipinski definition) is 4. The number of hydrogen-bond donors (Lipinski definition) is 3. The van der Waals surface area contributed by atoms with Gasteiger partial charge in [-0.25, -0.2) is 4.98 Å². The van der Waals surface area contributed by atoms with E-state index in [2.05, 4.69) is 20.5 Å². The fourth-order valence-corrected chi connectivity index (χ4v) is 3.42. The predicted molar refractivity (Wildman–Crippen MR) is 110 cm³/mol. The first-order chi connectivity index (χ1) is 14.2. The van der Waals surface area contributed by atoms with Crippen LogP contribution in [0.5, 0.6) is 5.75 Å². The number of aromatic nitrogens is 4. The highest BCUT2D eigenvalue weighted by Crippen LogP contribution is 2.24. The summed E-state index contributed by atoms with van der Waals surface area (Å²) in [6.07, 6.45) is 5.49. The van der Waals surface area contributed by atoms with Crippen LogP contribution < -0.4 is 5.32 Å². The van der Waals surface area contributed by atoms with Crippen molar-refractivity contribution in [1.29, 1.82) is 0 Å². The van der Waals surface area contributed by atoms with E-state index in [4.69, 9.17) is 0 Å². The van der Waals surface area contributed by atoms with Crippen molar-refractivity contribution >= 4 is 22.5 Å². The molecule has 0 spiro atoms. The third-order valence-electron chi connectivity index (χ3n) is 4.84. The Morgan fingerprint density at radius 3 is 2.86 bits per heavy atom. The van der Waals surface area contributed by atoms with Crippen molar-refractivity contribution in [2.45, 2.75) is 6.54 Å². The number of amides is 1. The monoisotopic (exact) mass is 383 g/mol. The molecule has 142 valence electrons. The summed E-state index contributed by atoms with van der Waals surface area (Å²) in [5, 5.41) is 20.3. The first-order valence-electron chi connectivity index (χ1n) is 9.15. The van der Waals surface area contributed by atoms with Crippen LogP contribution in [0.3, 0.4) is 0 Å². The van der Waals surface area contributed by atoms with E-state index in [0.29, 0.717) is 12.1 Å². The maximum atomic E-state index is 12.6. The molecule has 5 rings (SSSR count). The van der Waals surface area contributed by atoms with Crippen LogP contribution in [0, 0.1) is 0 Å². The van der Waals surface area contributed by atoms with Gasteiger partial charge in [0, 0.05) is 17.8 Å². The molecule has 0 bridgehead atoms. The van der Waals surface area contributed by atoms with Crippen LogP contribution in [0.25, 0.3) is 27.7 Å². The van der Waals surface area contributed by atoms with Crippen molar-refractivity contribution in [2.75, 3.05) is 0 Å². The molecule has 5 aromatic rings. The third-order valence-corrected chi connectivity index (χ3v) is 4.84. The minimum absolute atomic E-state index is 0.172. The number of pyridine rings is 1. The van der Waals surface area contributed by atoms with Crippen LogP contribution in [0.15, 0.2) is 73.2 Å². The lowest BCUT2D eigenvalue weighted by atomic mass is 10.1. The molecule has 3 aromatic heterocycles. The van der Waals surface area contributed by atoms with Crippen molar-refractivity contribution < 1.29 is 9.90 Å². The van der Waals surface area contributed by atoms with Gasteiger partial charge in [0.2, 0.25) is 0 Å². The zero-order valence-electron chi connectivity index (χ0n) is 15.3. The number of aromatic amines is 1. The molecular formula is C22H17N5O2. The Bertz CT molecular complexity index is 1350. The van der Waals surface area contributed by atoms with Crippen LogP contribution >= 0.6 is 0 Å². The number of benzene rings is 2. The van der Waals surface area contributed by atoms with Crippen molar-refractivity contribution in [1.82, 2.24) is 24.9 Å². The largest absolute Gasteiger partial charge is 0.508 e. The molecule has 3 heterocycles. The molecule has 0 aliphatic heterocycles. The van der Waals surface area contributed by atoms with Crippen molar-refractivity contribution in [3.05, 3.63) is 84.4 Å². The first kappa shape index (κ1) is 17.0. The molecule has 2 aromatic carbocycles. The van der Waals surface area contributed by atoms with Crippen LogP contribution in [-0.2, 0) is 6.54 Å². The molecule has 3 N–H and O–H groups in total. The van der Waals surface area contributed by atoms with Crippen molar-refractivity contribution in [3.63, 3.8) is 0 Å². The quantitative estimate of drug-likeness (QED) is 0.443. The minimum Gasteiger partial charge on any atom is -0.508 e. The fourth-order valence-electron chi connectivity index (χ4n) is 3.42. The number of nitrogens with zero attached hydrogens (tertiary/aromatic N) is 3. The van der Waals surface area contributed by atoms with E-state index in [1.54, 1.807) is 24.4 Å². The number of rotatable bonds is 4. The lowest BCUT2D eigenvalue weighted by molar-refractivity contribution is 0.0952. The second-order valence-electron chi connectivity index (χ2n) is 6.79. The summed E-state index contributed by atoms with van der Waals surface area (Å²) in [5.41, 5.74) is 4.83. The van der Waals surface area contributed by atoms with Gasteiger partial charge in [-0.15, -0.1) is 0 Å². The summed E-state index contributed by atoms with van der Waals surface area (Å²) in [5.74, 6) is 0.0544. The summed E-state index contributed by atoms with van der Waals surface area (Å²) in [7, 11) is 0. The molecule has 0 unspecified atom stereocenters. The van der Waals surface area contributed by atoms with E-state index >= 15 is 0 Å². The lowest BCUT2D eigenvalue weighted by Gasteiger charge is -2.04. The van der Waals surface area contributed by atoms with Gasteiger partial charge in [0.25, 0.3) is 5.91 Å². The van der Waals surface area contributed by atoms with Gasteiger partial charge in [-0.05, 0) is 47.5 Å². The molecule has 0 atom stereocenters. The highest BCUT2D eigenvalue weighted by atomic mass is 16.3. The number of carbonyl (C=O) groups is 1. The highest BCUT2D eigenvalue weighted by Gasteiger charge is 2.12. The highest BCUT2D eigenvalue weighted by molar-refractivity contribution is 6.05. The van der Waals surface area contributed by atoms with E-state index in [1.165, 1.54) is 0 Å². The van der Waals surface area contributed by atoms with Crippen LogP contribution in [0.2, 0.25) is 0 Å². The van der Waals surface area contributed by atoms with Crippen molar-refractivity contribution in [2.24, 2.45) is 0 Å². The molecule has 0 saturated heterocycles. The van der Waals surface area contributed by atoms with E-state index in [9.17, 15) is 9.90 Å². The number of H-pyrrole nitrogens is 1. The Hall–Kier alpha value is -4.13. The molecule has 0 fully saturated rings. The lowest BCUT2D eigenvalue weighted by Crippen LogP contribution is -2.23. The number of carbonyl (C=O) groups excluding carboxylic acids is 1. The van der Waals surface area contributed by atoms with Gasteiger partial charge < -0.3 is 14.8 Å². The predicted octanol–water partition coefficient (Wildman–Crippen LogP) is 3.51. The molecule has 7 heteroatoms. The van der Waals surface area contributed by atoms with E-state index < -0.39 is 0 Å². The van der Waals surface area contributed by atoms with Gasteiger partial charge in [-0.3, -0.25) is 9.89 Å². The standard InChI is InChI=1S/C22H17N5O2/c28-17-4-1-3-14(9-17)15-7-8-21-25-16(13-27(21)12-15)10-23-22(29)18-5-2-6-20-19(18)11-24-26-20/h1-9,11-13,28H,10H2,(H,23,29)(H,24,26). The number of phenolic OH excluding ortho intramolecular Hbond substituents is 1. The number of imidazole rings is 1.